The fraction of sp³-hybridized carbons (Fsp3) is 0.316. The molecule has 2 aromatic carbocycles. The van der Waals surface area contributed by atoms with E-state index < -0.39 is 17.8 Å². The van der Waals surface area contributed by atoms with Gasteiger partial charge in [0.15, 0.2) is 11.6 Å². The van der Waals surface area contributed by atoms with Crippen molar-refractivity contribution in [2.45, 2.75) is 25.4 Å². The summed E-state index contributed by atoms with van der Waals surface area (Å²) in [5.41, 5.74) is 0.961. The van der Waals surface area contributed by atoms with Gasteiger partial charge in [-0.3, -0.25) is 4.79 Å². The molecule has 128 valence electrons. The van der Waals surface area contributed by atoms with Crippen molar-refractivity contribution in [3.05, 3.63) is 65.5 Å². The SMILES string of the molecule is COc1cccc(C(=O)NCC(CC(C)O)c2ccccc2)c1F. The van der Waals surface area contributed by atoms with Crippen LogP contribution in [0.4, 0.5) is 4.39 Å². The van der Waals surface area contributed by atoms with Crippen molar-refractivity contribution in [3.8, 4) is 5.75 Å². The molecule has 5 heteroatoms. The first kappa shape index (κ1) is 17.9. The molecule has 0 saturated heterocycles. The van der Waals surface area contributed by atoms with Crippen LogP contribution in [0.5, 0.6) is 5.75 Å². The van der Waals surface area contributed by atoms with E-state index in [0.29, 0.717) is 13.0 Å². The number of rotatable bonds is 7. The summed E-state index contributed by atoms with van der Waals surface area (Å²) in [6, 6.07) is 14.1. The van der Waals surface area contributed by atoms with Crippen LogP contribution >= 0.6 is 0 Å². The van der Waals surface area contributed by atoms with E-state index in [1.54, 1.807) is 13.0 Å². The molecule has 0 saturated carbocycles. The molecule has 2 unspecified atom stereocenters. The molecular formula is C19H22FNO3. The third-order valence-electron chi connectivity index (χ3n) is 3.83. The minimum Gasteiger partial charge on any atom is -0.494 e. The Morgan fingerprint density at radius 3 is 2.54 bits per heavy atom. The van der Waals surface area contributed by atoms with Gasteiger partial charge in [-0.2, -0.15) is 0 Å². The Hall–Kier alpha value is -2.40. The van der Waals surface area contributed by atoms with Gasteiger partial charge in [0.05, 0.1) is 18.8 Å². The van der Waals surface area contributed by atoms with Crippen LogP contribution in [0.1, 0.15) is 35.2 Å². The first-order valence-corrected chi connectivity index (χ1v) is 7.86. The molecule has 0 aliphatic rings. The highest BCUT2D eigenvalue weighted by molar-refractivity contribution is 5.94. The fourth-order valence-corrected chi connectivity index (χ4v) is 2.63. The molecule has 4 nitrogen and oxygen atoms in total. The average molecular weight is 331 g/mol. The van der Waals surface area contributed by atoms with E-state index in [0.717, 1.165) is 5.56 Å². The van der Waals surface area contributed by atoms with Gasteiger partial charge in [-0.1, -0.05) is 36.4 Å². The monoisotopic (exact) mass is 331 g/mol. The van der Waals surface area contributed by atoms with E-state index in [2.05, 4.69) is 5.32 Å². The Balaban J connectivity index is 2.10. The molecule has 0 radical (unpaired) electrons. The van der Waals surface area contributed by atoms with Crippen LogP contribution in [-0.2, 0) is 0 Å². The van der Waals surface area contributed by atoms with Gasteiger partial charge in [-0.05, 0) is 31.0 Å². The number of carbonyl (C=O) groups excluding carboxylic acids is 1. The van der Waals surface area contributed by atoms with Gasteiger partial charge in [-0.15, -0.1) is 0 Å². The lowest BCUT2D eigenvalue weighted by molar-refractivity contribution is 0.0941. The highest BCUT2D eigenvalue weighted by Gasteiger charge is 2.19. The van der Waals surface area contributed by atoms with Gasteiger partial charge < -0.3 is 15.2 Å². The van der Waals surface area contributed by atoms with Gasteiger partial charge in [0.2, 0.25) is 0 Å². The average Bonchev–Trinajstić information content (AvgIpc) is 2.59. The Kier molecular flexibility index (Phi) is 6.32. The van der Waals surface area contributed by atoms with E-state index in [9.17, 15) is 14.3 Å². The normalized spacial score (nSPS) is 13.2. The van der Waals surface area contributed by atoms with E-state index in [4.69, 9.17) is 4.74 Å². The van der Waals surface area contributed by atoms with Gasteiger partial charge in [0.1, 0.15) is 0 Å². The molecule has 0 fully saturated rings. The molecule has 24 heavy (non-hydrogen) atoms. The van der Waals surface area contributed by atoms with Crippen molar-refractivity contribution in [2.75, 3.05) is 13.7 Å². The maximum atomic E-state index is 14.2. The number of methoxy groups -OCH3 is 1. The van der Waals surface area contributed by atoms with E-state index >= 15 is 0 Å². The van der Waals surface area contributed by atoms with Crippen LogP contribution in [0.15, 0.2) is 48.5 Å². The van der Waals surface area contributed by atoms with Crippen molar-refractivity contribution in [2.24, 2.45) is 0 Å². The lowest BCUT2D eigenvalue weighted by Gasteiger charge is -2.20. The predicted octanol–water partition coefficient (Wildman–Crippen LogP) is 3.12. The topological polar surface area (TPSA) is 58.6 Å². The summed E-state index contributed by atoms with van der Waals surface area (Å²) >= 11 is 0. The van der Waals surface area contributed by atoms with Crippen LogP contribution < -0.4 is 10.1 Å². The second-order valence-corrected chi connectivity index (χ2v) is 5.72. The lowest BCUT2D eigenvalue weighted by Crippen LogP contribution is -2.30. The number of hydrogen-bond donors (Lipinski definition) is 2. The van der Waals surface area contributed by atoms with Crippen LogP contribution in [0, 0.1) is 5.82 Å². The molecule has 0 aromatic heterocycles. The number of carbonyl (C=O) groups is 1. The third kappa shape index (κ3) is 4.55. The van der Waals surface area contributed by atoms with Crippen molar-refractivity contribution in [1.82, 2.24) is 5.32 Å². The Labute approximate surface area is 141 Å². The standard InChI is InChI=1S/C19H22FNO3/c1-13(22)11-15(14-7-4-3-5-8-14)12-21-19(23)16-9-6-10-17(24-2)18(16)20/h3-10,13,15,22H,11-12H2,1-2H3,(H,21,23). The van der Waals surface area contributed by atoms with Gasteiger partial charge in [-0.25, -0.2) is 4.39 Å². The molecule has 2 N–H and O–H groups in total. The third-order valence-corrected chi connectivity index (χ3v) is 3.83. The quantitative estimate of drug-likeness (QED) is 0.819. The Bertz CT molecular complexity index is 674. The van der Waals surface area contributed by atoms with Crippen LogP contribution in [0.3, 0.4) is 0 Å². The number of nitrogens with one attached hydrogen (secondary N) is 1. The minimum absolute atomic E-state index is 0.0336. The number of halogens is 1. The van der Waals surface area contributed by atoms with E-state index in [1.165, 1.54) is 19.2 Å². The number of ether oxygens (including phenoxy) is 1. The maximum Gasteiger partial charge on any atom is 0.254 e. The number of aliphatic hydroxyl groups excluding tert-OH is 1. The molecule has 1 amide bonds. The minimum atomic E-state index is -0.677. The summed E-state index contributed by atoms with van der Waals surface area (Å²) in [4.78, 5) is 12.3. The first-order chi connectivity index (χ1) is 11.5. The van der Waals surface area contributed by atoms with Crippen LogP contribution in [0.2, 0.25) is 0 Å². The van der Waals surface area contributed by atoms with Crippen molar-refractivity contribution in [1.29, 1.82) is 0 Å². The number of hydrogen-bond acceptors (Lipinski definition) is 3. The van der Waals surface area contributed by atoms with Gasteiger partial charge >= 0.3 is 0 Å². The van der Waals surface area contributed by atoms with Gasteiger partial charge in [0, 0.05) is 12.5 Å². The van der Waals surface area contributed by atoms with Crippen molar-refractivity contribution in [3.63, 3.8) is 0 Å². The number of benzene rings is 2. The molecular weight excluding hydrogens is 309 g/mol. The molecule has 2 rings (SSSR count). The van der Waals surface area contributed by atoms with Crippen molar-refractivity contribution >= 4 is 5.91 Å². The molecule has 0 spiro atoms. The first-order valence-electron chi connectivity index (χ1n) is 7.86. The fourth-order valence-electron chi connectivity index (χ4n) is 2.63. The zero-order valence-corrected chi connectivity index (χ0v) is 13.8. The zero-order valence-electron chi connectivity index (χ0n) is 13.8. The summed E-state index contributed by atoms with van der Waals surface area (Å²) in [5, 5.41) is 12.4. The lowest BCUT2D eigenvalue weighted by atomic mass is 9.93. The molecule has 0 aliphatic carbocycles. The number of amides is 1. The van der Waals surface area contributed by atoms with Gasteiger partial charge in [0.25, 0.3) is 5.91 Å². The Morgan fingerprint density at radius 1 is 1.21 bits per heavy atom. The summed E-state index contributed by atoms with van der Waals surface area (Å²) in [6.45, 7) is 2.02. The Morgan fingerprint density at radius 2 is 1.92 bits per heavy atom. The van der Waals surface area contributed by atoms with Crippen molar-refractivity contribution < 1.29 is 19.0 Å². The number of aliphatic hydroxyl groups is 1. The highest BCUT2D eigenvalue weighted by Crippen LogP contribution is 2.22. The summed E-state index contributed by atoms with van der Waals surface area (Å²) in [5.74, 6) is -1.20. The van der Waals surface area contributed by atoms with E-state index in [-0.39, 0.29) is 17.2 Å². The highest BCUT2D eigenvalue weighted by atomic mass is 19.1. The predicted molar refractivity (Wildman–Crippen MR) is 90.8 cm³/mol. The molecule has 2 aromatic rings. The second-order valence-electron chi connectivity index (χ2n) is 5.72. The smallest absolute Gasteiger partial charge is 0.254 e. The molecule has 0 aliphatic heterocycles. The maximum absolute atomic E-state index is 14.2. The molecule has 0 bridgehead atoms. The molecule has 2 atom stereocenters. The summed E-state index contributed by atoms with van der Waals surface area (Å²) < 4.78 is 19.1. The summed E-state index contributed by atoms with van der Waals surface area (Å²) in [7, 11) is 1.36. The second kappa shape index (κ2) is 8.45. The van der Waals surface area contributed by atoms with Crippen LogP contribution in [0.25, 0.3) is 0 Å². The summed E-state index contributed by atoms with van der Waals surface area (Å²) in [6.07, 6.45) is 0.00546. The molecule has 0 heterocycles. The van der Waals surface area contributed by atoms with Crippen LogP contribution in [-0.4, -0.2) is 30.8 Å². The van der Waals surface area contributed by atoms with E-state index in [1.807, 2.05) is 30.3 Å². The zero-order chi connectivity index (χ0) is 17.5. The largest absolute Gasteiger partial charge is 0.494 e.